The molecule has 2 aliphatic heterocycles. The van der Waals surface area contributed by atoms with Gasteiger partial charge in [-0.25, -0.2) is 4.79 Å². The number of likely N-dealkylation sites (tertiary alicyclic amines) is 2. The lowest BCUT2D eigenvalue weighted by Gasteiger charge is -2.33. The van der Waals surface area contributed by atoms with Gasteiger partial charge < -0.3 is 25.2 Å². The Hall–Kier alpha value is -1.50. The van der Waals surface area contributed by atoms with Crippen molar-refractivity contribution in [1.82, 2.24) is 20.4 Å². The first-order chi connectivity index (χ1) is 12.1. The molecule has 1 amide bonds. The molecule has 2 rings (SSSR count). The summed E-state index contributed by atoms with van der Waals surface area (Å²) in [5, 5.41) is 6.91. The molecule has 0 aromatic rings. The zero-order chi connectivity index (χ0) is 18.1. The summed E-state index contributed by atoms with van der Waals surface area (Å²) in [6, 6.07) is 0.354. The number of nitrogens with zero attached hydrogens (tertiary/aromatic N) is 3. The first kappa shape index (κ1) is 19.8. The molecule has 0 aromatic carbocycles. The third kappa shape index (κ3) is 6.72. The highest BCUT2D eigenvalue weighted by Crippen LogP contribution is 2.14. The van der Waals surface area contributed by atoms with Crippen molar-refractivity contribution in [3.63, 3.8) is 0 Å². The van der Waals surface area contributed by atoms with E-state index in [9.17, 15) is 4.79 Å². The number of rotatable bonds is 5. The molecule has 1 atom stereocenters. The number of carbonyl (C=O) groups is 1. The Balaban J connectivity index is 1.64. The van der Waals surface area contributed by atoms with Crippen LogP contribution in [-0.2, 0) is 4.74 Å². The van der Waals surface area contributed by atoms with Gasteiger partial charge >= 0.3 is 6.09 Å². The van der Waals surface area contributed by atoms with E-state index in [1.54, 1.807) is 4.90 Å². The quantitative estimate of drug-likeness (QED) is 0.579. The number of carbonyl (C=O) groups excluding carboxylic acids is 1. The number of hydrogen-bond acceptors (Lipinski definition) is 4. The lowest BCUT2D eigenvalue weighted by atomic mass is 10.0. The maximum Gasteiger partial charge on any atom is 0.409 e. The van der Waals surface area contributed by atoms with Crippen LogP contribution in [0.1, 0.15) is 39.5 Å². The van der Waals surface area contributed by atoms with E-state index >= 15 is 0 Å². The number of guanidine groups is 1. The molecule has 0 saturated carbocycles. The zero-order valence-electron chi connectivity index (χ0n) is 16.1. The minimum absolute atomic E-state index is 0.195. The van der Waals surface area contributed by atoms with Gasteiger partial charge in [0.2, 0.25) is 0 Å². The molecule has 7 heteroatoms. The minimum atomic E-state index is -0.195. The average Bonchev–Trinajstić information content (AvgIpc) is 2.61. The van der Waals surface area contributed by atoms with Crippen LogP contribution in [0.4, 0.5) is 4.79 Å². The van der Waals surface area contributed by atoms with Crippen molar-refractivity contribution in [3.05, 3.63) is 0 Å². The molecule has 2 N–H and O–H groups in total. The van der Waals surface area contributed by atoms with E-state index in [-0.39, 0.29) is 6.09 Å². The van der Waals surface area contributed by atoms with Crippen molar-refractivity contribution in [1.29, 1.82) is 0 Å². The Morgan fingerprint density at radius 3 is 2.64 bits per heavy atom. The monoisotopic (exact) mass is 353 g/mol. The lowest BCUT2D eigenvalue weighted by molar-refractivity contribution is 0.0963. The number of ether oxygens (including phenoxy) is 1. The summed E-state index contributed by atoms with van der Waals surface area (Å²) < 4.78 is 5.06. The van der Waals surface area contributed by atoms with Gasteiger partial charge in [-0.15, -0.1) is 0 Å². The van der Waals surface area contributed by atoms with Crippen LogP contribution in [-0.4, -0.2) is 80.8 Å². The fourth-order valence-corrected chi connectivity index (χ4v) is 3.63. The van der Waals surface area contributed by atoms with Gasteiger partial charge in [0, 0.05) is 45.8 Å². The van der Waals surface area contributed by atoms with Gasteiger partial charge in [-0.2, -0.15) is 0 Å². The fraction of sp³-hybridized carbons (Fsp3) is 0.889. The maximum absolute atomic E-state index is 11.7. The predicted octanol–water partition coefficient (Wildman–Crippen LogP) is 1.50. The first-order valence-corrected chi connectivity index (χ1v) is 9.73. The Morgan fingerprint density at radius 2 is 2.00 bits per heavy atom. The van der Waals surface area contributed by atoms with Crippen molar-refractivity contribution in [2.45, 2.75) is 45.6 Å². The lowest BCUT2D eigenvalue weighted by Crippen LogP contribution is -2.51. The number of piperidine rings is 2. The van der Waals surface area contributed by atoms with Gasteiger partial charge in [0.1, 0.15) is 0 Å². The van der Waals surface area contributed by atoms with Gasteiger partial charge in [-0.05, 0) is 45.1 Å². The SMILES string of the molecule is CCOC(=O)N1CCC(NC(=NC)NCCN2CCCC(C)C2)CC1. The third-order valence-corrected chi connectivity index (χ3v) is 5.05. The smallest absolute Gasteiger partial charge is 0.409 e. The van der Waals surface area contributed by atoms with Crippen molar-refractivity contribution in [3.8, 4) is 0 Å². The van der Waals surface area contributed by atoms with Crippen molar-refractivity contribution in [2.75, 3.05) is 52.9 Å². The molecule has 2 fully saturated rings. The van der Waals surface area contributed by atoms with E-state index in [1.165, 1.54) is 25.9 Å². The highest BCUT2D eigenvalue weighted by molar-refractivity contribution is 5.80. The van der Waals surface area contributed by atoms with Gasteiger partial charge in [-0.1, -0.05) is 6.92 Å². The molecule has 0 aromatic heterocycles. The molecule has 2 heterocycles. The number of hydrogen-bond donors (Lipinski definition) is 2. The summed E-state index contributed by atoms with van der Waals surface area (Å²) in [7, 11) is 1.81. The molecular formula is C18H35N5O2. The zero-order valence-corrected chi connectivity index (χ0v) is 16.1. The van der Waals surface area contributed by atoms with Crippen molar-refractivity contribution in [2.24, 2.45) is 10.9 Å². The molecular weight excluding hydrogens is 318 g/mol. The molecule has 2 aliphatic rings. The summed E-state index contributed by atoms with van der Waals surface area (Å²) >= 11 is 0. The molecule has 25 heavy (non-hydrogen) atoms. The van der Waals surface area contributed by atoms with Crippen LogP contribution in [0.2, 0.25) is 0 Å². The van der Waals surface area contributed by atoms with Gasteiger partial charge in [0.25, 0.3) is 0 Å². The Kier molecular flexibility index (Phi) is 8.31. The molecule has 144 valence electrons. The summed E-state index contributed by atoms with van der Waals surface area (Å²) in [5.41, 5.74) is 0. The van der Waals surface area contributed by atoms with Gasteiger partial charge in [0.05, 0.1) is 6.61 Å². The van der Waals surface area contributed by atoms with Crippen LogP contribution in [0.15, 0.2) is 4.99 Å². The molecule has 2 saturated heterocycles. The van der Waals surface area contributed by atoms with Crippen LogP contribution in [0.3, 0.4) is 0 Å². The van der Waals surface area contributed by atoms with Crippen LogP contribution >= 0.6 is 0 Å². The topological polar surface area (TPSA) is 69.2 Å². The minimum Gasteiger partial charge on any atom is -0.450 e. The molecule has 7 nitrogen and oxygen atoms in total. The standard InChI is InChI=1S/C18H35N5O2/c1-4-25-18(24)23-11-7-16(8-12-23)21-17(19-3)20-9-13-22-10-5-6-15(2)14-22/h15-16H,4-14H2,1-3H3,(H2,19,20,21). The van der Waals surface area contributed by atoms with E-state index in [1.807, 2.05) is 14.0 Å². The Bertz CT molecular complexity index is 435. The van der Waals surface area contributed by atoms with Crippen LogP contribution < -0.4 is 10.6 Å². The summed E-state index contributed by atoms with van der Waals surface area (Å²) in [5.74, 6) is 1.68. The van der Waals surface area contributed by atoms with E-state index in [0.29, 0.717) is 12.6 Å². The molecule has 0 aliphatic carbocycles. The van der Waals surface area contributed by atoms with Crippen LogP contribution in [0, 0.1) is 5.92 Å². The summed E-state index contributed by atoms with van der Waals surface area (Å²) in [4.78, 5) is 20.4. The highest BCUT2D eigenvalue weighted by Gasteiger charge is 2.24. The molecule has 0 radical (unpaired) electrons. The third-order valence-electron chi connectivity index (χ3n) is 5.05. The van der Waals surface area contributed by atoms with Crippen molar-refractivity contribution >= 4 is 12.1 Å². The summed E-state index contributed by atoms with van der Waals surface area (Å²) in [6.45, 7) is 10.5. The summed E-state index contributed by atoms with van der Waals surface area (Å²) in [6.07, 6.45) is 4.32. The fourth-order valence-electron chi connectivity index (χ4n) is 3.63. The maximum atomic E-state index is 11.7. The predicted molar refractivity (Wildman–Crippen MR) is 101 cm³/mol. The van der Waals surface area contributed by atoms with E-state index in [2.05, 4.69) is 27.4 Å². The normalized spacial score (nSPS) is 23.4. The average molecular weight is 354 g/mol. The number of nitrogens with one attached hydrogen (secondary N) is 2. The van der Waals surface area contributed by atoms with E-state index in [4.69, 9.17) is 4.74 Å². The van der Waals surface area contributed by atoms with Crippen LogP contribution in [0.25, 0.3) is 0 Å². The molecule has 0 spiro atoms. The number of amides is 1. The van der Waals surface area contributed by atoms with E-state index < -0.39 is 0 Å². The molecule has 1 unspecified atom stereocenters. The van der Waals surface area contributed by atoms with Crippen molar-refractivity contribution < 1.29 is 9.53 Å². The van der Waals surface area contributed by atoms with E-state index in [0.717, 1.165) is 50.9 Å². The van der Waals surface area contributed by atoms with Crippen LogP contribution in [0.5, 0.6) is 0 Å². The largest absolute Gasteiger partial charge is 0.450 e. The van der Waals surface area contributed by atoms with Gasteiger partial charge in [-0.3, -0.25) is 4.99 Å². The Morgan fingerprint density at radius 1 is 1.24 bits per heavy atom. The molecule has 0 bridgehead atoms. The Labute approximate surface area is 152 Å². The highest BCUT2D eigenvalue weighted by atomic mass is 16.6. The van der Waals surface area contributed by atoms with Gasteiger partial charge in [0.15, 0.2) is 5.96 Å². The second-order valence-corrected chi connectivity index (χ2v) is 7.15. The second-order valence-electron chi connectivity index (χ2n) is 7.15. The first-order valence-electron chi connectivity index (χ1n) is 9.73. The number of aliphatic imine (C=N–C) groups is 1. The second kappa shape index (κ2) is 10.5.